The molecule has 0 spiro atoms. The molecule has 0 saturated carbocycles. The molecule has 1 fully saturated rings. The lowest BCUT2D eigenvalue weighted by atomic mass is 9.95. The van der Waals surface area contributed by atoms with Gasteiger partial charge in [0.05, 0.1) is 17.4 Å². The first-order valence-corrected chi connectivity index (χ1v) is 10.5. The van der Waals surface area contributed by atoms with Crippen LogP contribution in [0.2, 0.25) is 0 Å². The molecule has 1 saturated heterocycles. The highest BCUT2D eigenvalue weighted by Gasteiger charge is 2.32. The number of aryl methyl sites for hydroxylation is 1. The number of fused-ring (bicyclic) bond motifs is 1. The summed E-state index contributed by atoms with van der Waals surface area (Å²) in [4.78, 5) is 2.64. The zero-order valence-corrected chi connectivity index (χ0v) is 16.6. The van der Waals surface area contributed by atoms with Crippen molar-refractivity contribution in [1.29, 1.82) is 0 Å². The fraction of sp³-hybridized carbons (Fsp3) is 0.375. The van der Waals surface area contributed by atoms with Crippen molar-refractivity contribution in [2.24, 2.45) is 0 Å². The van der Waals surface area contributed by atoms with Crippen LogP contribution < -0.4 is 5.32 Å². The topological polar surface area (TPSA) is 33.1 Å². The Morgan fingerprint density at radius 2 is 1.86 bits per heavy atom. The van der Waals surface area contributed by atoms with Crippen LogP contribution in [0.15, 0.2) is 54.6 Å². The normalized spacial score (nSPS) is 19.4. The number of hydrogen-bond donors (Lipinski definition) is 1. The first-order chi connectivity index (χ1) is 13.8. The number of anilines is 1. The summed E-state index contributed by atoms with van der Waals surface area (Å²) in [5.41, 5.74) is 6.53. The standard InChI is InChI=1S/C24H28N4/c1-18-10-12-20(13-11-18)28-24-21(14-15-25-24)23(26-28)22-9-5-6-16-27(22)17-19-7-3-2-4-8-19/h2-4,7-8,10-13,22,25H,5-6,9,14-17H2,1H3. The summed E-state index contributed by atoms with van der Waals surface area (Å²) in [6.07, 6.45) is 4.84. The molecule has 1 atom stereocenters. The van der Waals surface area contributed by atoms with E-state index in [1.807, 2.05) is 0 Å². The first-order valence-electron chi connectivity index (χ1n) is 10.5. The van der Waals surface area contributed by atoms with Crippen LogP contribution in [0.5, 0.6) is 0 Å². The van der Waals surface area contributed by atoms with Gasteiger partial charge in [-0.2, -0.15) is 5.10 Å². The van der Waals surface area contributed by atoms with Gasteiger partial charge in [0.15, 0.2) is 0 Å². The van der Waals surface area contributed by atoms with E-state index in [0.717, 1.165) is 31.7 Å². The Balaban J connectivity index is 1.50. The van der Waals surface area contributed by atoms with Crippen LogP contribution in [0.25, 0.3) is 5.69 Å². The van der Waals surface area contributed by atoms with Crippen LogP contribution in [0.1, 0.15) is 47.7 Å². The molecule has 2 aliphatic heterocycles. The van der Waals surface area contributed by atoms with Gasteiger partial charge in [0.25, 0.3) is 0 Å². The Hall–Kier alpha value is -2.59. The van der Waals surface area contributed by atoms with Gasteiger partial charge in [-0.3, -0.25) is 4.90 Å². The molecular weight excluding hydrogens is 344 g/mol. The molecule has 4 nitrogen and oxygen atoms in total. The van der Waals surface area contributed by atoms with Crippen LogP contribution in [0.3, 0.4) is 0 Å². The van der Waals surface area contributed by atoms with Crippen molar-refractivity contribution in [1.82, 2.24) is 14.7 Å². The summed E-state index contributed by atoms with van der Waals surface area (Å²) >= 11 is 0. The van der Waals surface area contributed by atoms with Crippen LogP contribution in [0.4, 0.5) is 5.82 Å². The number of benzene rings is 2. The van der Waals surface area contributed by atoms with Crippen molar-refractivity contribution in [3.63, 3.8) is 0 Å². The number of aromatic nitrogens is 2. The molecule has 2 aliphatic rings. The number of hydrogen-bond acceptors (Lipinski definition) is 3. The molecule has 0 bridgehead atoms. The SMILES string of the molecule is Cc1ccc(-n2nc(C3CCCCN3Cc3ccccc3)c3c2NCC3)cc1. The average Bonchev–Trinajstić information content (AvgIpc) is 3.33. The highest BCUT2D eigenvalue weighted by Crippen LogP contribution is 2.38. The minimum atomic E-state index is 0.411. The third kappa shape index (κ3) is 3.22. The molecule has 2 aromatic carbocycles. The Morgan fingerprint density at radius 3 is 2.68 bits per heavy atom. The summed E-state index contributed by atoms with van der Waals surface area (Å²) in [7, 11) is 0. The smallest absolute Gasteiger partial charge is 0.133 e. The zero-order chi connectivity index (χ0) is 18.9. The van der Waals surface area contributed by atoms with Crippen molar-refractivity contribution < 1.29 is 0 Å². The molecule has 0 amide bonds. The van der Waals surface area contributed by atoms with E-state index in [1.54, 1.807) is 0 Å². The number of rotatable bonds is 4. The monoisotopic (exact) mass is 372 g/mol. The van der Waals surface area contributed by atoms with Crippen LogP contribution in [-0.2, 0) is 13.0 Å². The summed E-state index contributed by atoms with van der Waals surface area (Å²) in [5.74, 6) is 1.20. The second-order valence-corrected chi connectivity index (χ2v) is 8.10. The van der Waals surface area contributed by atoms with Crippen LogP contribution in [0, 0.1) is 6.92 Å². The highest BCUT2D eigenvalue weighted by molar-refractivity contribution is 5.57. The van der Waals surface area contributed by atoms with E-state index in [-0.39, 0.29) is 0 Å². The number of likely N-dealkylation sites (tertiary alicyclic amines) is 1. The number of piperidine rings is 1. The second kappa shape index (κ2) is 7.44. The minimum absolute atomic E-state index is 0.411. The van der Waals surface area contributed by atoms with E-state index in [0.29, 0.717) is 6.04 Å². The Labute approximate surface area is 167 Å². The lowest BCUT2D eigenvalue weighted by molar-refractivity contribution is 0.136. The maximum absolute atomic E-state index is 5.16. The quantitative estimate of drug-likeness (QED) is 0.709. The number of nitrogens with zero attached hydrogens (tertiary/aromatic N) is 3. The van der Waals surface area contributed by atoms with Crippen molar-refractivity contribution in [2.45, 2.75) is 45.2 Å². The number of nitrogens with one attached hydrogen (secondary N) is 1. The highest BCUT2D eigenvalue weighted by atomic mass is 15.4. The van der Waals surface area contributed by atoms with Gasteiger partial charge in [-0.05, 0) is 50.4 Å². The van der Waals surface area contributed by atoms with Gasteiger partial charge in [-0.15, -0.1) is 0 Å². The van der Waals surface area contributed by atoms with Gasteiger partial charge >= 0.3 is 0 Å². The van der Waals surface area contributed by atoms with Gasteiger partial charge < -0.3 is 5.32 Å². The predicted octanol–water partition coefficient (Wildman–Crippen LogP) is 4.88. The maximum atomic E-state index is 5.16. The van der Waals surface area contributed by atoms with Gasteiger partial charge in [0.1, 0.15) is 5.82 Å². The third-order valence-corrected chi connectivity index (χ3v) is 6.12. The van der Waals surface area contributed by atoms with E-state index in [1.165, 1.54) is 47.5 Å². The van der Waals surface area contributed by atoms with Crippen molar-refractivity contribution >= 4 is 5.82 Å². The lowest BCUT2D eigenvalue weighted by Gasteiger charge is -2.35. The summed E-state index contributed by atoms with van der Waals surface area (Å²) in [5, 5.41) is 8.75. The van der Waals surface area contributed by atoms with Crippen molar-refractivity contribution in [3.8, 4) is 5.69 Å². The van der Waals surface area contributed by atoms with Crippen molar-refractivity contribution in [2.75, 3.05) is 18.4 Å². The average molecular weight is 373 g/mol. The molecule has 3 aromatic rings. The molecule has 0 radical (unpaired) electrons. The van der Waals surface area contributed by atoms with Gasteiger partial charge in [0, 0.05) is 18.7 Å². The van der Waals surface area contributed by atoms with Crippen LogP contribution >= 0.6 is 0 Å². The van der Waals surface area contributed by atoms with E-state index < -0.39 is 0 Å². The molecule has 0 aliphatic carbocycles. The molecule has 1 N–H and O–H groups in total. The van der Waals surface area contributed by atoms with E-state index in [4.69, 9.17) is 5.10 Å². The van der Waals surface area contributed by atoms with Crippen molar-refractivity contribution in [3.05, 3.63) is 77.0 Å². The lowest BCUT2D eigenvalue weighted by Crippen LogP contribution is -2.33. The summed E-state index contributed by atoms with van der Waals surface area (Å²) in [6.45, 7) is 5.30. The fourth-order valence-corrected chi connectivity index (χ4v) is 4.65. The summed E-state index contributed by atoms with van der Waals surface area (Å²) < 4.78 is 2.13. The molecule has 3 heterocycles. The van der Waals surface area contributed by atoms with E-state index >= 15 is 0 Å². The molecule has 1 unspecified atom stereocenters. The Morgan fingerprint density at radius 1 is 1.04 bits per heavy atom. The van der Waals surface area contributed by atoms with Gasteiger partial charge in [-0.25, -0.2) is 4.68 Å². The Kier molecular flexibility index (Phi) is 4.65. The summed E-state index contributed by atoms with van der Waals surface area (Å²) in [6, 6.07) is 20.0. The molecule has 5 rings (SSSR count). The van der Waals surface area contributed by atoms with E-state index in [9.17, 15) is 0 Å². The molecule has 4 heteroatoms. The predicted molar refractivity (Wildman–Crippen MR) is 114 cm³/mol. The van der Waals surface area contributed by atoms with Gasteiger partial charge in [-0.1, -0.05) is 54.4 Å². The molecule has 1 aromatic heterocycles. The Bertz CT molecular complexity index is 943. The molecule has 144 valence electrons. The molecular formula is C24H28N4. The second-order valence-electron chi connectivity index (χ2n) is 8.10. The zero-order valence-electron chi connectivity index (χ0n) is 16.6. The first kappa shape index (κ1) is 17.5. The fourth-order valence-electron chi connectivity index (χ4n) is 4.65. The third-order valence-electron chi connectivity index (χ3n) is 6.12. The van der Waals surface area contributed by atoms with Crippen LogP contribution in [-0.4, -0.2) is 27.8 Å². The van der Waals surface area contributed by atoms with Gasteiger partial charge in [0.2, 0.25) is 0 Å². The molecule has 28 heavy (non-hydrogen) atoms. The minimum Gasteiger partial charge on any atom is -0.369 e. The maximum Gasteiger partial charge on any atom is 0.133 e. The van der Waals surface area contributed by atoms with E-state index in [2.05, 4.69) is 76.4 Å². The largest absolute Gasteiger partial charge is 0.369 e.